The molecule has 0 saturated carbocycles. The molecule has 1 aromatic heterocycles. The second-order valence-electron chi connectivity index (χ2n) is 7.49. The third-order valence-corrected chi connectivity index (χ3v) is 5.32. The van der Waals surface area contributed by atoms with Gasteiger partial charge in [-0.1, -0.05) is 60.7 Å². The molecule has 2 heterocycles. The molecule has 7 nitrogen and oxygen atoms in total. The molecule has 7 heteroatoms. The van der Waals surface area contributed by atoms with Crippen LogP contribution in [0.4, 0.5) is 0 Å². The molecule has 2 aromatic carbocycles. The second-order valence-corrected chi connectivity index (χ2v) is 7.49. The number of aryl methyl sites for hydroxylation is 1. The van der Waals surface area contributed by atoms with Crippen molar-refractivity contribution in [2.45, 2.75) is 25.3 Å². The van der Waals surface area contributed by atoms with Crippen molar-refractivity contribution in [1.29, 1.82) is 0 Å². The van der Waals surface area contributed by atoms with Gasteiger partial charge in [0.1, 0.15) is 11.9 Å². The number of benzene rings is 2. The summed E-state index contributed by atoms with van der Waals surface area (Å²) in [7, 11) is 1.89. The van der Waals surface area contributed by atoms with Crippen molar-refractivity contribution in [1.82, 2.24) is 19.9 Å². The van der Waals surface area contributed by atoms with E-state index in [1.165, 1.54) is 5.01 Å². The SMILES string of the molecule is Cn1ccnc1C(NC(=O)CCC(=O)N1CCC(c2ccccc2)=N1)c1ccccc1. The van der Waals surface area contributed by atoms with E-state index in [0.717, 1.165) is 29.1 Å². The summed E-state index contributed by atoms with van der Waals surface area (Å²) >= 11 is 0. The van der Waals surface area contributed by atoms with Gasteiger partial charge in [-0.2, -0.15) is 5.10 Å². The van der Waals surface area contributed by atoms with Gasteiger partial charge in [0.2, 0.25) is 11.8 Å². The lowest BCUT2D eigenvalue weighted by Crippen LogP contribution is -2.32. The molecule has 1 aliphatic heterocycles. The van der Waals surface area contributed by atoms with E-state index in [-0.39, 0.29) is 30.7 Å². The van der Waals surface area contributed by atoms with Gasteiger partial charge in [-0.3, -0.25) is 9.59 Å². The lowest BCUT2D eigenvalue weighted by atomic mass is 10.1. The van der Waals surface area contributed by atoms with E-state index in [0.29, 0.717) is 6.54 Å². The van der Waals surface area contributed by atoms with E-state index in [1.807, 2.05) is 78.5 Å². The van der Waals surface area contributed by atoms with Gasteiger partial charge in [-0.15, -0.1) is 0 Å². The van der Waals surface area contributed by atoms with Crippen molar-refractivity contribution < 1.29 is 9.59 Å². The normalized spacial score (nSPS) is 14.2. The first kappa shape index (κ1) is 20.5. The third-order valence-electron chi connectivity index (χ3n) is 5.32. The number of carbonyl (C=O) groups excluding carboxylic acids is 2. The van der Waals surface area contributed by atoms with Gasteiger partial charge in [-0.25, -0.2) is 9.99 Å². The van der Waals surface area contributed by atoms with Gasteiger partial charge in [0.15, 0.2) is 0 Å². The zero-order valence-electron chi connectivity index (χ0n) is 17.4. The highest BCUT2D eigenvalue weighted by molar-refractivity contribution is 6.02. The molecule has 0 radical (unpaired) electrons. The van der Waals surface area contributed by atoms with Gasteiger partial charge < -0.3 is 9.88 Å². The molecule has 0 aliphatic carbocycles. The molecule has 31 heavy (non-hydrogen) atoms. The number of hydrazone groups is 1. The Morgan fingerprint density at radius 2 is 1.74 bits per heavy atom. The molecule has 2 amide bonds. The summed E-state index contributed by atoms with van der Waals surface area (Å²) in [6.45, 7) is 0.546. The van der Waals surface area contributed by atoms with E-state index in [2.05, 4.69) is 15.4 Å². The van der Waals surface area contributed by atoms with Crippen LogP contribution in [0.25, 0.3) is 0 Å². The van der Waals surface area contributed by atoms with Crippen molar-refractivity contribution in [2.24, 2.45) is 12.1 Å². The lowest BCUT2D eigenvalue weighted by Gasteiger charge is -2.19. The Labute approximate surface area is 181 Å². The van der Waals surface area contributed by atoms with E-state index in [4.69, 9.17) is 0 Å². The summed E-state index contributed by atoms with van der Waals surface area (Å²) in [5, 5.41) is 8.96. The van der Waals surface area contributed by atoms with Crippen molar-refractivity contribution in [2.75, 3.05) is 6.54 Å². The van der Waals surface area contributed by atoms with Crippen molar-refractivity contribution in [3.63, 3.8) is 0 Å². The van der Waals surface area contributed by atoms with Crippen LogP contribution in [0.3, 0.4) is 0 Å². The zero-order chi connectivity index (χ0) is 21.6. The molecule has 0 spiro atoms. The standard InChI is InChI=1S/C24H25N5O2/c1-28-17-15-25-24(28)23(19-10-6-3-7-11-19)26-21(30)12-13-22(31)29-16-14-20(27-29)18-8-4-2-5-9-18/h2-11,15,17,23H,12-14,16H2,1H3,(H,26,30). The molecule has 4 rings (SSSR count). The van der Waals surface area contributed by atoms with Gasteiger partial charge >= 0.3 is 0 Å². The summed E-state index contributed by atoms with van der Waals surface area (Å²) in [6, 6.07) is 19.2. The summed E-state index contributed by atoms with van der Waals surface area (Å²) in [5.74, 6) is 0.397. The summed E-state index contributed by atoms with van der Waals surface area (Å²) < 4.78 is 1.88. The van der Waals surface area contributed by atoms with Crippen molar-refractivity contribution >= 4 is 17.5 Å². The van der Waals surface area contributed by atoms with Gasteiger partial charge in [0.05, 0.1) is 12.3 Å². The Morgan fingerprint density at radius 3 is 2.42 bits per heavy atom. The highest BCUT2D eigenvalue weighted by Crippen LogP contribution is 2.21. The van der Waals surface area contributed by atoms with Crippen LogP contribution < -0.4 is 5.32 Å². The topological polar surface area (TPSA) is 79.6 Å². The quantitative estimate of drug-likeness (QED) is 0.644. The maximum Gasteiger partial charge on any atom is 0.243 e. The van der Waals surface area contributed by atoms with Crippen LogP contribution in [-0.2, 0) is 16.6 Å². The number of rotatable bonds is 7. The van der Waals surface area contributed by atoms with E-state index in [1.54, 1.807) is 6.20 Å². The molecule has 1 unspecified atom stereocenters. The lowest BCUT2D eigenvalue weighted by molar-refractivity contribution is -0.133. The smallest absolute Gasteiger partial charge is 0.243 e. The minimum Gasteiger partial charge on any atom is -0.342 e. The molecule has 1 N–H and O–H groups in total. The highest BCUT2D eigenvalue weighted by Gasteiger charge is 2.24. The second kappa shape index (κ2) is 9.38. The number of carbonyl (C=O) groups is 2. The monoisotopic (exact) mass is 415 g/mol. The molecular weight excluding hydrogens is 390 g/mol. The zero-order valence-corrected chi connectivity index (χ0v) is 17.4. The van der Waals surface area contributed by atoms with Crippen LogP contribution >= 0.6 is 0 Å². The Kier molecular flexibility index (Phi) is 6.21. The molecule has 1 aliphatic rings. The summed E-state index contributed by atoms with van der Waals surface area (Å²) in [5.41, 5.74) is 2.86. The minimum atomic E-state index is -0.377. The molecule has 158 valence electrons. The maximum atomic E-state index is 12.7. The van der Waals surface area contributed by atoms with Crippen molar-refractivity contribution in [3.05, 3.63) is 90.0 Å². The fourth-order valence-corrected chi connectivity index (χ4v) is 3.65. The average Bonchev–Trinajstić information content (AvgIpc) is 3.46. The predicted octanol–water partition coefficient (Wildman–Crippen LogP) is 3.04. The van der Waals surface area contributed by atoms with Crippen molar-refractivity contribution in [3.8, 4) is 0 Å². The molecule has 0 fully saturated rings. The number of hydrogen-bond acceptors (Lipinski definition) is 4. The Bertz CT molecular complexity index is 1080. The molecule has 3 aromatic rings. The van der Waals surface area contributed by atoms with E-state index in [9.17, 15) is 9.59 Å². The first-order valence-electron chi connectivity index (χ1n) is 10.4. The first-order chi connectivity index (χ1) is 15.1. The number of nitrogens with one attached hydrogen (secondary N) is 1. The fourth-order valence-electron chi connectivity index (χ4n) is 3.65. The molecule has 0 bridgehead atoms. The number of amides is 2. The molecular formula is C24H25N5O2. The summed E-state index contributed by atoms with van der Waals surface area (Å²) in [6.07, 6.45) is 4.48. The van der Waals surface area contributed by atoms with Crippen LogP contribution in [0.1, 0.15) is 42.3 Å². The van der Waals surface area contributed by atoms with Gasteiger partial charge in [0, 0.05) is 38.7 Å². The fraction of sp³-hybridized carbons (Fsp3) is 0.250. The van der Waals surface area contributed by atoms with Crippen LogP contribution in [0, 0.1) is 0 Å². The molecule has 1 atom stereocenters. The van der Waals surface area contributed by atoms with E-state index >= 15 is 0 Å². The maximum absolute atomic E-state index is 12.7. The summed E-state index contributed by atoms with van der Waals surface area (Å²) in [4.78, 5) is 29.7. The van der Waals surface area contributed by atoms with Crippen LogP contribution in [0.2, 0.25) is 0 Å². The first-order valence-corrected chi connectivity index (χ1v) is 10.4. The molecule has 0 saturated heterocycles. The predicted molar refractivity (Wildman–Crippen MR) is 118 cm³/mol. The highest BCUT2D eigenvalue weighted by atomic mass is 16.2. The number of aromatic nitrogens is 2. The Balaban J connectivity index is 1.37. The average molecular weight is 415 g/mol. The van der Waals surface area contributed by atoms with Gasteiger partial charge in [-0.05, 0) is 11.1 Å². The third kappa shape index (κ3) is 4.88. The Hall–Kier alpha value is -3.74. The largest absolute Gasteiger partial charge is 0.342 e. The van der Waals surface area contributed by atoms with E-state index < -0.39 is 0 Å². The van der Waals surface area contributed by atoms with Crippen LogP contribution in [0.5, 0.6) is 0 Å². The van der Waals surface area contributed by atoms with Crippen LogP contribution in [-0.4, -0.2) is 38.6 Å². The number of imidazole rings is 1. The van der Waals surface area contributed by atoms with Gasteiger partial charge in [0.25, 0.3) is 0 Å². The number of hydrogen-bond donors (Lipinski definition) is 1. The van der Waals surface area contributed by atoms with Crippen LogP contribution in [0.15, 0.2) is 78.2 Å². The minimum absolute atomic E-state index is 0.0965. The number of nitrogens with zero attached hydrogens (tertiary/aromatic N) is 4. The Morgan fingerprint density at radius 1 is 1.03 bits per heavy atom.